The van der Waals surface area contributed by atoms with Crippen LogP contribution in [-0.4, -0.2) is 37.4 Å². The van der Waals surface area contributed by atoms with Crippen LogP contribution in [0.25, 0.3) is 0 Å². The van der Waals surface area contributed by atoms with Gasteiger partial charge < -0.3 is 15.2 Å². The average Bonchev–Trinajstić information content (AvgIpc) is 1.99. The van der Waals surface area contributed by atoms with Gasteiger partial charge in [0.15, 0.2) is 0 Å². The first-order valence-corrected chi connectivity index (χ1v) is 3.53. The molecule has 0 fully saturated rings. The van der Waals surface area contributed by atoms with E-state index in [9.17, 15) is 4.79 Å². The summed E-state index contributed by atoms with van der Waals surface area (Å²) in [6.07, 6.45) is -0.822. The Morgan fingerprint density at radius 1 is 1.73 bits per heavy atom. The number of rotatable bonds is 4. The van der Waals surface area contributed by atoms with Crippen molar-refractivity contribution in [3.05, 3.63) is 0 Å². The Hall–Kier alpha value is -0.610. The van der Waals surface area contributed by atoms with Gasteiger partial charge in [-0.25, -0.2) is 0 Å². The van der Waals surface area contributed by atoms with Gasteiger partial charge in [-0.05, 0) is 6.92 Å². The van der Waals surface area contributed by atoms with Crippen LogP contribution in [0.15, 0.2) is 0 Å². The SMILES string of the molecule is CNC(=O)C[C@@H](OC)C(C)O. The Balaban J connectivity index is 3.78. The summed E-state index contributed by atoms with van der Waals surface area (Å²) in [4.78, 5) is 10.8. The molecule has 0 aliphatic rings. The van der Waals surface area contributed by atoms with E-state index in [2.05, 4.69) is 5.32 Å². The monoisotopic (exact) mass is 161 g/mol. The lowest BCUT2D eigenvalue weighted by Gasteiger charge is -2.16. The van der Waals surface area contributed by atoms with Crippen molar-refractivity contribution in [2.24, 2.45) is 0 Å². The lowest BCUT2D eigenvalue weighted by Crippen LogP contribution is -2.32. The van der Waals surface area contributed by atoms with Crippen molar-refractivity contribution in [3.63, 3.8) is 0 Å². The summed E-state index contributed by atoms with van der Waals surface area (Å²) < 4.78 is 4.87. The molecule has 4 nitrogen and oxygen atoms in total. The standard InChI is InChI=1S/C7H15NO3/c1-5(9)6(11-3)4-7(10)8-2/h5-6,9H,4H2,1-3H3,(H,8,10)/t5?,6-/m1/s1. The molecule has 0 aromatic carbocycles. The second kappa shape index (κ2) is 5.09. The lowest BCUT2D eigenvalue weighted by molar-refractivity contribution is -0.125. The van der Waals surface area contributed by atoms with Crippen molar-refractivity contribution in [1.29, 1.82) is 0 Å². The number of ether oxygens (including phenoxy) is 1. The lowest BCUT2D eigenvalue weighted by atomic mass is 10.1. The summed E-state index contributed by atoms with van der Waals surface area (Å²) in [7, 11) is 3.03. The maximum Gasteiger partial charge on any atom is 0.222 e. The Kier molecular flexibility index (Phi) is 4.81. The zero-order chi connectivity index (χ0) is 8.85. The summed E-state index contributed by atoms with van der Waals surface area (Å²) in [5, 5.41) is 11.5. The molecule has 0 aliphatic carbocycles. The molecule has 4 heteroatoms. The van der Waals surface area contributed by atoms with E-state index < -0.39 is 12.2 Å². The van der Waals surface area contributed by atoms with Gasteiger partial charge in [-0.1, -0.05) is 0 Å². The third-order valence-corrected chi connectivity index (χ3v) is 1.51. The molecule has 0 spiro atoms. The van der Waals surface area contributed by atoms with E-state index in [0.717, 1.165) is 0 Å². The summed E-state index contributed by atoms with van der Waals surface area (Å²) in [6, 6.07) is 0. The molecule has 0 saturated carbocycles. The largest absolute Gasteiger partial charge is 0.391 e. The van der Waals surface area contributed by atoms with Crippen molar-refractivity contribution in [2.75, 3.05) is 14.2 Å². The van der Waals surface area contributed by atoms with E-state index in [0.29, 0.717) is 0 Å². The predicted octanol–water partition coefficient (Wildman–Crippen LogP) is -0.482. The van der Waals surface area contributed by atoms with Gasteiger partial charge in [0, 0.05) is 14.2 Å². The van der Waals surface area contributed by atoms with Crippen LogP contribution < -0.4 is 5.32 Å². The number of aliphatic hydroxyl groups is 1. The maximum atomic E-state index is 10.8. The zero-order valence-corrected chi connectivity index (χ0v) is 7.13. The first-order chi connectivity index (χ1) is 5.11. The fourth-order valence-electron chi connectivity index (χ4n) is 0.736. The van der Waals surface area contributed by atoms with Crippen LogP contribution in [0.4, 0.5) is 0 Å². The highest BCUT2D eigenvalue weighted by atomic mass is 16.5. The van der Waals surface area contributed by atoms with Gasteiger partial charge in [0.1, 0.15) is 0 Å². The molecular weight excluding hydrogens is 146 g/mol. The maximum absolute atomic E-state index is 10.8. The highest BCUT2D eigenvalue weighted by Gasteiger charge is 2.16. The van der Waals surface area contributed by atoms with E-state index in [-0.39, 0.29) is 12.3 Å². The molecule has 0 radical (unpaired) electrons. The predicted molar refractivity (Wildman–Crippen MR) is 41.2 cm³/mol. The van der Waals surface area contributed by atoms with E-state index in [4.69, 9.17) is 9.84 Å². The smallest absolute Gasteiger partial charge is 0.222 e. The number of amides is 1. The molecule has 11 heavy (non-hydrogen) atoms. The Morgan fingerprint density at radius 3 is 2.55 bits per heavy atom. The average molecular weight is 161 g/mol. The number of nitrogens with one attached hydrogen (secondary N) is 1. The van der Waals surface area contributed by atoms with Gasteiger partial charge in [0.05, 0.1) is 18.6 Å². The molecule has 0 rings (SSSR count). The minimum atomic E-state index is -0.614. The van der Waals surface area contributed by atoms with E-state index >= 15 is 0 Å². The van der Waals surface area contributed by atoms with Crippen LogP contribution in [0.5, 0.6) is 0 Å². The molecule has 1 amide bonds. The van der Waals surface area contributed by atoms with Crippen LogP contribution in [0.2, 0.25) is 0 Å². The molecule has 0 aromatic heterocycles. The Labute approximate surface area is 66.5 Å². The normalized spacial score (nSPS) is 15.6. The van der Waals surface area contributed by atoms with Crippen molar-refractivity contribution in [2.45, 2.75) is 25.6 Å². The fraction of sp³-hybridized carbons (Fsp3) is 0.857. The number of methoxy groups -OCH3 is 1. The molecule has 0 heterocycles. The molecule has 2 atom stereocenters. The minimum absolute atomic E-state index is 0.127. The highest BCUT2D eigenvalue weighted by Crippen LogP contribution is 2.02. The molecule has 1 unspecified atom stereocenters. The fourth-order valence-corrected chi connectivity index (χ4v) is 0.736. The van der Waals surface area contributed by atoms with Crippen molar-refractivity contribution in [1.82, 2.24) is 5.32 Å². The van der Waals surface area contributed by atoms with E-state index in [1.165, 1.54) is 7.11 Å². The van der Waals surface area contributed by atoms with E-state index in [1.54, 1.807) is 14.0 Å². The molecule has 0 aliphatic heterocycles. The van der Waals surface area contributed by atoms with Crippen LogP contribution in [0.3, 0.4) is 0 Å². The first-order valence-electron chi connectivity index (χ1n) is 3.53. The minimum Gasteiger partial charge on any atom is -0.391 e. The number of carbonyl (C=O) groups excluding carboxylic acids is 1. The first kappa shape index (κ1) is 10.4. The Bertz CT molecular complexity index is 125. The third kappa shape index (κ3) is 3.95. The molecule has 2 N–H and O–H groups in total. The second-order valence-electron chi connectivity index (χ2n) is 2.39. The van der Waals surface area contributed by atoms with Gasteiger partial charge in [0.2, 0.25) is 5.91 Å². The van der Waals surface area contributed by atoms with Crippen molar-refractivity contribution < 1.29 is 14.6 Å². The molecule has 66 valence electrons. The van der Waals surface area contributed by atoms with Gasteiger partial charge in [0.25, 0.3) is 0 Å². The van der Waals surface area contributed by atoms with Crippen LogP contribution in [0, 0.1) is 0 Å². The number of carbonyl (C=O) groups is 1. The quantitative estimate of drug-likeness (QED) is 0.585. The van der Waals surface area contributed by atoms with Crippen LogP contribution >= 0.6 is 0 Å². The van der Waals surface area contributed by atoms with Crippen molar-refractivity contribution in [3.8, 4) is 0 Å². The van der Waals surface area contributed by atoms with E-state index in [1.807, 2.05) is 0 Å². The topological polar surface area (TPSA) is 58.6 Å². The molecule has 0 bridgehead atoms. The van der Waals surface area contributed by atoms with Crippen LogP contribution in [-0.2, 0) is 9.53 Å². The highest BCUT2D eigenvalue weighted by molar-refractivity contribution is 5.76. The molecular formula is C7H15NO3. The summed E-state index contributed by atoms with van der Waals surface area (Å²) >= 11 is 0. The van der Waals surface area contributed by atoms with Crippen LogP contribution in [0.1, 0.15) is 13.3 Å². The number of hydrogen-bond acceptors (Lipinski definition) is 3. The third-order valence-electron chi connectivity index (χ3n) is 1.51. The number of hydrogen-bond donors (Lipinski definition) is 2. The number of aliphatic hydroxyl groups excluding tert-OH is 1. The van der Waals surface area contributed by atoms with Gasteiger partial charge >= 0.3 is 0 Å². The second-order valence-corrected chi connectivity index (χ2v) is 2.39. The van der Waals surface area contributed by atoms with Crippen molar-refractivity contribution >= 4 is 5.91 Å². The van der Waals surface area contributed by atoms with Gasteiger partial charge in [-0.15, -0.1) is 0 Å². The summed E-state index contributed by atoms with van der Waals surface area (Å²) in [6.45, 7) is 1.59. The molecule has 0 saturated heterocycles. The molecule has 0 aromatic rings. The van der Waals surface area contributed by atoms with Gasteiger partial charge in [-0.3, -0.25) is 4.79 Å². The summed E-state index contributed by atoms with van der Waals surface area (Å²) in [5.41, 5.74) is 0. The van der Waals surface area contributed by atoms with Gasteiger partial charge in [-0.2, -0.15) is 0 Å². The summed E-state index contributed by atoms with van der Waals surface area (Å²) in [5.74, 6) is -0.127. The zero-order valence-electron chi connectivity index (χ0n) is 7.13. The Morgan fingerprint density at radius 2 is 2.27 bits per heavy atom.